The predicted molar refractivity (Wildman–Crippen MR) is 79.8 cm³/mol. The first-order chi connectivity index (χ1) is 10.2. The number of benzene rings is 1. The highest BCUT2D eigenvalue weighted by Gasteiger charge is 2.32. The number of nitrogens with zero attached hydrogens (tertiary/aromatic N) is 3. The van der Waals surface area contributed by atoms with Crippen LogP contribution in [-0.4, -0.2) is 55.6 Å². The van der Waals surface area contributed by atoms with E-state index in [1.807, 2.05) is 18.2 Å². The molecular formula is C15H18ClN3O2. The minimum Gasteiger partial charge on any atom is -0.468 e. The van der Waals surface area contributed by atoms with Crippen LogP contribution < -0.4 is 0 Å². The first-order valence-corrected chi connectivity index (χ1v) is 7.20. The fourth-order valence-electron chi connectivity index (χ4n) is 2.56. The average molecular weight is 308 g/mol. The summed E-state index contributed by atoms with van der Waals surface area (Å²) < 4.78 is 4.94. The minimum atomic E-state index is -0.493. The molecule has 1 unspecified atom stereocenters. The first-order valence-electron chi connectivity index (χ1n) is 6.83. The van der Waals surface area contributed by atoms with Crippen molar-refractivity contribution in [2.75, 3.05) is 39.8 Å². The molecule has 1 aromatic rings. The number of carbonyl (C=O) groups excluding carboxylic acids is 1. The molecule has 0 radical (unpaired) electrons. The Hall–Kier alpha value is -1.61. The van der Waals surface area contributed by atoms with Crippen molar-refractivity contribution in [1.29, 1.82) is 5.26 Å². The zero-order valence-corrected chi connectivity index (χ0v) is 12.7. The van der Waals surface area contributed by atoms with Crippen LogP contribution in [0.5, 0.6) is 0 Å². The van der Waals surface area contributed by atoms with E-state index in [4.69, 9.17) is 21.6 Å². The lowest BCUT2D eigenvalue weighted by Crippen LogP contribution is -2.49. The summed E-state index contributed by atoms with van der Waals surface area (Å²) in [6, 6.07) is 8.99. The lowest BCUT2D eigenvalue weighted by Gasteiger charge is -2.37. The average Bonchev–Trinajstić information content (AvgIpc) is 2.51. The number of esters is 1. The largest absolute Gasteiger partial charge is 0.468 e. The number of hydrogen-bond donors (Lipinski definition) is 0. The number of nitriles is 1. The van der Waals surface area contributed by atoms with E-state index in [2.05, 4.69) is 15.9 Å². The molecule has 1 atom stereocenters. The Morgan fingerprint density at radius 1 is 1.38 bits per heavy atom. The standard InChI is InChI=1S/C15H18ClN3O2/c1-21-15(20)14(12-4-2-3-5-13(12)16)19-10-8-18(7-6-17)9-11-19/h2-5,14H,7-11H2,1H3. The van der Waals surface area contributed by atoms with Gasteiger partial charge in [-0.25, -0.2) is 4.79 Å². The summed E-state index contributed by atoms with van der Waals surface area (Å²) >= 11 is 6.23. The maximum Gasteiger partial charge on any atom is 0.327 e. The Morgan fingerprint density at radius 3 is 2.62 bits per heavy atom. The molecule has 6 heteroatoms. The quantitative estimate of drug-likeness (QED) is 0.626. The molecule has 0 aromatic heterocycles. The third-order valence-electron chi connectivity index (χ3n) is 3.69. The number of carbonyl (C=O) groups is 1. The van der Waals surface area contributed by atoms with Crippen molar-refractivity contribution in [3.63, 3.8) is 0 Å². The highest BCUT2D eigenvalue weighted by molar-refractivity contribution is 6.31. The first kappa shape index (κ1) is 15.8. The molecule has 112 valence electrons. The van der Waals surface area contributed by atoms with Gasteiger partial charge >= 0.3 is 5.97 Å². The van der Waals surface area contributed by atoms with Crippen LogP contribution in [0.4, 0.5) is 0 Å². The van der Waals surface area contributed by atoms with Crippen LogP contribution in [0.15, 0.2) is 24.3 Å². The molecule has 0 amide bonds. The van der Waals surface area contributed by atoms with Crippen LogP contribution in [0.25, 0.3) is 0 Å². The summed E-state index contributed by atoms with van der Waals surface area (Å²) in [5.74, 6) is -0.308. The van der Waals surface area contributed by atoms with Crippen LogP contribution in [0.3, 0.4) is 0 Å². The van der Waals surface area contributed by atoms with Crippen LogP contribution >= 0.6 is 11.6 Å². The van der Waals surface area contributed by atoms with Crippen molar-refractivity contribution in [2.24, 2.45) is 0 Å². The summed E-state index contributed by atoms with van der Waals surface area (Å²) in [5, 5.41) is 9.30. The Kier molecular flexibility index (Phi) is 5.57. The second-order valence-electron chi connectivity index (χ2n) is 4.92. The van der Waals surface area contributed by atoms with Crippen molar-refractivity contribution in [3.05, 3.63) is 34.9 Å². The van der Waals surface area contributed by atoms with Crippen LogP contribution in [-0.2, 0) is 9.53 Å². The van der Waals surface area contributed by atoms with E-state index in [0.717, 1.165) is 18.7 Å². The lowest BCUT2D eigenvalue weighted by atomic mass is 10.0. The SMILES string of the molecule is COC(=O)C(c1ccccc1Cl)N1CCN(CC#N)CC1. The summed E-state index contributed by atoms with van der Waals surface area (Å²) in [6.45, 7) is 3.33. The van der Waals surface area contributed by atoms with Gasteiger partial charge in [-0.15, -0.1) is 0 Å². The highest BCUT2D eigenvalue weighted by Crippen LogP contribution is 2.29. The van der Waals surface area contributed by atoms with Gasteiger partial charge in [-0.3, -0.25) is 9.80 Å². The van der Waals surface area contributed by atoms with E-state index in [-0.39, 0.29) is 5.97 Å². The van der Waals surface area contributed by atoms with E-state index >= 15 is 0 Å². The molecule has 0 saturated carbocycles. The maximum absolute atomic E-state index is 12.2. The predicted octanol–water partition coefficient (Wildman–Crippen LogP) is 1.70. The minimum absolute atomic E-state index is 0.308. The zero-order valence-electron chi connectivity index (χ0n) is 12.0. The number of ether oxygens (including phenoxy) is 1. The Balaban J connectivity index is 2.17. The molecule has 1 aliphatic rings. The smallest absolute Gasteiger partial charge is 0.327 e. The van der Waals surface area contributed by atoms with Crippen molar-refractivity contribution in [3.8, 4) is 6.07 Å². The maximum atomic E-state index is 12.2. The van der Waals surface area contributed by atoms with Gasteiger partial charge in [0.15, 0.2) is 0 Å². The number of methoxy groups -OCH3 is 1. The third kappa shape index (κ3) is 3.73. The highest BCUT2D eigenvalue weighted by atomic mass is 35.5. The van der Waals surface area contributed by atoms with Gasteiger partial charge in [-0.1, -0.05) is 29.8 Å². The van der Waals surface area contributed by atoms with Crippen molar-refractivity contribution >= 4 is 17.6 Å². The van der Waals surface area contributed by atoms with Gasteiger partial charge < -0.3 is 4.74 Å². The van der Waals surface area contributed by atoms with Gasteiger partial charge in [0, 0.05) is 31.2 Å². The van der Waals surface area contributed by atoms with Gasteiger partial charge in [0.1, 0.15) is 6.04 Å². The topological polar surface area (TPSA) is 56.6 Å². The molecule has 2 rings (SSSR count). The molecule has 0 bridgehead atoms. The summed E-state index contributed by atoms with van der Waals surface area (Å²) in [6.07, 6.45) is 0. The zero-order chi connectivity index (χ0) is 15.2. The number of halogens is 1. The van der Waals surface area contributed by atoms with E-state index in [1.165, 1.54) is 7.11 Å². The Bertz CT molecular complexity index is 536. The molecule has 1 aromatic carbocycles. The van der Waals surface area contributed by atoms with Crippen LogP contribution in [0, 0.1) is 11.3 Å². The third-order valence-corrected chi connectivity index (χ3v) is 4.03. The number of rotatable bonds is 4. The lowest BCUT2D eigenvalue weighted by molar-refractivity contribution is -0.148. The number of hydrogen-bond acceptors (Lipinski definition) is 5. The van der Waals surface area contributed by atoms with Crippen molar-refractivity contribution < 1.29 is 9.53 Å². The van der Waals surface area contributed by atoms with Gasteiger partial charge in [-0.05, 0) is 11.6 Å². The van der Waals surface area contributed by atoms with Crippen LogP contribution in [0.2, 0.25) is 5.02 Å². The van der Waals surface area contributed by atoms with Crippen molar-refractivity contribution in [1.82, 2.24) is 9.80 Å². The summed E-state index contributed by atoms with van der Waals surface area (Å²) in [7, 11) is 1.39. The van der Waals surface area contributed by atoms with Crippen molar-refractivity contribution in [2.45, 2.75) is 6.04 Å². The van der Waals surface area contributed by atoms with Gasteiger partial charge in [0.05, 0.1) is 19.7 Å². The Labute approximate surface area is 129 Å². The summed E-state index contributed by atoms with van der Waals surface area (Å²) in [4.78, 5) is 16.3. The van der Waals surface area contributed by atoms with E-state index in [0.29, 0.717) is 24.7 Å². The fourth-order valence-corrected chi connectivity index (χ4v) is 2.80. The molecule has 1 aliphatic heterocycles. The van der Waals surface area contributed by atoms with Gasteiger partial charge in [-0.2, -0.15) is 5.26 Å². The van der Waals surface area contributed by atoms with E-state index in [9.17, 15) is 4.79 Å². The second kappa shape index (κ2) is 7.41. The molecular weight excluding hydrogens is 290 g/mol. The molecule has 5 nitrogen and oxygen atoms in total. The van der Waals surface area contributed by atoms with E-state index in [1.54, 1.807) is 6.07 Å². The molecule has 0 aliphatic carbocycles. The monoisotopic (exact) mass is 307 g/mol. The molecule has 0 spiro atoms. The Morgan fingerprint density at radius 2 is 2.05 bits per heavy atom. The number of piperazine rings is 1. The molecule has 1 fully saturated rings. The van der Waals surface area contributed by atoms with Gasteiger partial charge in [0.2, 0.25) is 0 Å². The van der Waals surface area contributed by atoms with E-state index < -0.39 is 6.04 Å². The normalized spacial score (nSPS) is 18.0. The molecule has 1 saturated heterocycles. The molecule has 1 heterocycles. The van der Waals surface area contributed by atoms with Gasteiger partial charge in [0.25, 0.3) is 0 Å². The fraction of sp³-hybridized carbons (Fsp3) is 0.467. The molecule has 0 N–H and O–H groups in total. The second-order valence-corrected chi connectivity index (χ2v) is 5.32. The van der Waals surface area contributed by atoms with Crippen LogP contribution in [0.1, 0.15) is 11.6 Å². The summed E-state index contributed by atoms with van der Waals surface area (Å²) in [5.41, 5.74) is 0.764. The molecule has 21 heavy (non-hydrogen) atoms.